The molecule has 0 aliphatic heterocycles. The predicted octanol–water partition coefficient (Wildman–Crippen LogP) is 2.47. The van der Waals surface area contributed by atoms with Gasteiger partial charge in [0.05, 0.1) is 5.41 Å². The van der Waals surface area contributed by atoms with E-state index in [4.69, 9.17) is 9.26 Å². The van der Waals surface area contributed by atoms with Gasteiger partial charge in [-0.2, -0.15) is 4.98 Å². The summed E-state index contributed by atoms with van der Waals surface area (Å²) >= 11 is 0. The van der Waals surface area contributed by atoms with Gasteiger partial charge in [0.25, 0.3) is 0 Å². The van der Waals surface area contributed by atoms with Crippen molar-refractivity contribution in [2.24, 2.45) is 17.3 Å². The molecule has 1 heterocycles. The van der Waals surface area contributed by atoms with E-state index >= 15 is 0 Å². The molecule has 1 amide bonds. The summed E-state index contributed by atoms with van der Waals surface area (Å²) in [4.78, 5) is 29.1. The standard InChI is InChI=1S/C19H25N3O4/c1-11(23)21-19-7-12-4-13(8-19)6-18(5-12,10-19)17(24)25-9-15-20-16(26-22-15)14-2-3-14/h12-14H,2-10H2,1H3,(H,21,23)/t12-,13+,18?,19?. The summed E-state index contributed by atoms with van der Waals surface area (Å²) in [6, 6.07) is 0. The number of esters is 1. The van der Waals surface area contributed by atoms with Crippen molar-refractivity contribution in [2.45, 2.75) is 76.4 Å². The maximum atomic E-state index is 13.0. The number of nitrogens with zero attached hydrogens (tertiary/aromatic N) is 2. The number of nitrogens with one attached hydrogen (secondary N) is 1. The Morgan fingerprint density at radius 2 is 1.96 bits per heavy atom. The Hall–Kier alpha value is -1.92. The highest BCUT2D eigenvalue weighted by atomic mass is 16.5. The molecule has 1 aromatic rings. The van der Waals surface area contributed by atoms with Crippen LogP contribution in [0.5, 0.6) is 0 Å². The third kappa shape index (κ3) is 2.72. The van der Waals surface area contributed by atoms with E-state index in [0.29, 0.717) is 35.9 Å². The van der Waals surface area contributed by atoms with Crippen molar-refractivity contribution >= 4 is 11.9 Å². The van der Waals surface area contributed by atoms with Crippen LogP contribution in [0.15, 0.2) is 4.52 Å². The van der Waals surface area contributed by atoms with Gasteiger partial charge < -0.3 is 14.6 Å². The van der Waals surface area contributed by atoms with E-state index in [2.05, 4.69) is 15.5 Å². The zero-order chi connectivity index (χ0) is 17.9. The van der Waals surface area contributed by atoms with Gasteiger partial charge in [-0.15, -0.1) is 0 Å². The fourth-order valence-electron chi connectivity index (χ4n) is 6.13. The second kappa shape index (κ2) is 5.54. The normalized spacial score (nSPS) is 37.6. The summed E-state index contributed by atoms with van der Waals surface area (Å²) in [7, 11) is 0. The van der Waals surface area contributed by atoms with Gasteiger partial charge in [-0.05, 0) is 63.2 Å². The van der Waals surface area contributed by atoms with Crippen LogP contribution in [0.1, 0.15) is 75.9 Å². The molecule has 0 radical (unpaired) electrons. The van der Waals surface area contributed by atoms with E-state index in [1.54, 1.807) is 6.92 Å². The third-order valence-electron chi connectivity index (χ3n) is 6.68. The fourth-order valence-corrected chi connectivity index (χ4v) is 6.13. The van der Waals surface area contributed by atoms with Crippen LogP contribution in [-0.4, -0.2) is 27.6 Å². The predicted molar refractivity (Wildman–Crippen MR) is 89.7 cm³/mol. The molecule has 2 unspecified atom stereocenters. The van der Waals surface area contributed by atoms with E-state index in [9.17, 15) is 9.59 Å². The summed E-state index contributed by atoms with van der Waals surface area (Å²) in [5, 5.41) is 7.11. The minimum atomic E-state index is -0.463. The summed E-state index contributed by atoms with van der Waals surface area (Å²) in [6.45, 7) is 1.64. The number of ether oxygens (including phenoxy) is 1. The van der Waals surface area contributed by atoms with Crippen molar-refractivity contribution in [3.63, 3.8) is 0 Å². The number of rotatable bonds is 5. The molecule has 4 atom stereocenters. The number of carbonyl (C=O) groups excluding carboxylic acids is 2. The van der Waals surface area contributed by atoms with E-state index < -0.39 is 5.41 Å². The minimum absolute atomic E-state index is 0.00475. The molecule has 1 aromatic heterocycles. The smallest absolute Gasteiger partial charge is 0.312 e. The SMILES string of the molecule is CC(=O)NC12C[C@H]3C[C@@H](C1)CC(C(=O)OCc1noc(C4CC4)n1)(C3)C2. The van der Waals surface area contributed by atoms with Gasteiger partial charge in [0.2, 0.25) is 17.6 Å². The van der Waals surface area contributed by atoms with Crippen LogP contribution in [-0.2, 0) is 20.9 Å². The molecule has 5 aliphatic rings. The van der Waals surface area contributed by atoms with Gasteiger partial charge in [-0.1, -0.05) is 5.16 Å². The summed E-state index contributed by atoms with van der Waals surface area (Å²) in [6.07, 6.45) is 7.81. The molecule has 5 fully saturated rings. The number of aromatic nitrogens is 2. The van der Waals surface area contributed by atoms with Gasteiger partial charge >= 0.3 is 5.97 Å². The van der Waals surface area contributed by atoms with E-state index in [1.807, 2.05) is 0 Å². The van der Waals surface area contributed by atoms with E-state index in [-0.39, 0.29) is 24.0 Å². The zero-order valence-electron chi connectivity index (χ0n) is 15.1. The van der Waals surface area contributed by atoms with Crippen LogP contribution in [0.4, 0.5) is 0 Å². The summed E-state index contributed by atoms with van der Waals surface area (Å²) in [5.74, 6) is 2.35. The number of hydrogen-bond donors (Lipinski definition) is 1. The van der Waals surface area contributed by atoms with Crippen LogP contribution in [0.25, 0.3) is 0 Å². The first-order valence-electron chi connectivity index (χ1n) is 9.74. The first-order valence-corrected chi connectivity index (χ1v) is 9.74. The largest absolute Gasteiger partial charge is 0.457 e. The highest BCUT2D eigenvalue weighted by Gasteiger charge is 2.61. The van der Waals surface area contributed by atoms with Crippen LogP contribution >= 0.6 is 0 Å². The summed E-state index contributed by atoms with van der Waals surface area (Å²) < 4.78 is 10.9. The second-order valence-corrected chi connectivity index (χ2v) is 9.10. The van der Waals surface area contributed by atoms with Crippen LogP contribution < -0.4 is 5.32 Å². The molecule has 0 saturated heterocycles. The lowest BCUT2D eigenvalue weighted by molar-refractivity contribution is -0.177. The Kier molecular flexibility index (Phi) is 3.46. The number of hydrogen-bond acceptors (Lipinski definition) is 6. The summed E-state index contributed by atoms with van der Waals surface area (Å²) in [5.41, 5.74) is -0.685. The molecule has 26 heavy (non-hydrogen) atoms. The Bertz CT molecular complexity index is 740. The average Bonchev–Trinajstić information content (AvgIpc) is 3.29. The molecule has 0 spiro atoms. The first-order chi connectivity index (χ1) is 12.5. The van der Waals surface area contributed by atoms with Gasteiger partial charge in [-0.25, -0.2) is 0 Å². The third-order valence-corrected chi connectivity index (χ3v) is 6.68. The Labute approximate surface area is 152 Å². The van der Waals surface area contributed by atoms with Gasteiger partial charge in [0.15, 0.2) is 6.61 Å². The number of amides is 1. The minimum Gasteiger partial charge on any atom is -0.457 e. The van der Waals surface area contributed by atoms with Crippen molar-refractivity contribution in [2.75, 3.05) is 0 Å². The molecule has 1 N–H and O–H groups in total. The Morgan fingerprint density at radius 3 is 2.62 bits per heavy atom. The quantitative estimate of drug-likeness (QED) is 0.812. The maximum Gasteiger partial charge on any atom is 0.312 e. The molecule has 4 bridgehead atoms. The highest BCUT2D eigenvalue weighted by Crippen LogP contribution is 2.62. The molecule has 140 valence electrons. The highest BCUT2D eigenvalue weighted by molar-refractivity contribution is 5.79. The molecule has 7 heteroatoms. The second-order valence-electron chi connectivity index (χ2n) is 9.10. The zero-order valence-corrected chi connectivity index (χ0v) is 15.1. The molecule has 5 aliphatic carbocycles. The van der Waals surface area contributed by atoms with Gasteiger partial charge in [-0.3, -0.25) is 9.59 Å². The van der Waals surface area contributed by atoms with E-state index in [0.717, 1.165) is 38.5 Å². The maximum absolute atomic E-state index is 13.0. The molecule has 5 saturated carbocycles. The first kappa shape index (κ1) is 16.3. The molecule has 6 rings (SSSR count). The van der Waals surface area contributed by atoms with Gasteiger partial charge in [0, 0.05) is 18.4 Å². The molecule has 0 aromatic carbocycles. The average molecular weight is 359 g/mol. The Balaban J connectivity index is 1.30. The van der Waals surface area contributed by atoms with Crippen molar-refractivity contribution < 1.29 is 18.8 Å². The molecular formula is C19H25N3O4. The lowest BCUT2D eigenvalue weighted by atomic mass is 9.47. The lowest BCUT2D eigenvalue weighted by Gasteiger charge is -2.60. The number of carbonyl (C=O) groups is 2. The monoisotopic (exact) mass is 359 g/mol. The van der Waals surface area contributed by atoms with E-state index in [1.165, 1.54) is 6.42 Å². The van der Waals surface area contributed by atoms with Crippen molar-refractivity contribution in [3.8, 4) is 0 Å². The fraction of sp³-hybridized carbons (Fsp3) is 0.789. The van der Waals surface area contributed by atoms with Crippen LogP contribution in [0, 0.1) is 17.3 Å². The topological polar surface area (TPSA) is 94.3 Å². The Morgan fingerprint density at radius 1 is 1.23 bits per heavy atom. The molecule has 7 nitrogen and oxygen atoms in total. The van der Waals surface area contributed by atoms with Crippen LogP contribution in [0.3, 0.4) is 0 Å². The van der Waals surface area contributed by atoms with Crippen molar-refractivity contribution in [1.29, 1.82) is 0 Å². The molecular weight excluding hydrogens is 334 g/mol. The van der Waals surface area contributed by atoms with Gasteiger partial charge in [0.1, 0.15) is 0 Å². The van der Waals surface area contributed by atoms with Crippen molar-refractivity contribution in [1.82, 2.24) is 15.5 Å². The van der Waals surface area contributed by atoms with Crippen LogP contribution in [0.2, 0.25) is 0 Å². The van der Waals surface area contributed by atoms with Crippen molar-refractivity contribution in [3.05, 3.63) is 11.7 Å². The lowest BCUT2D eigenvalue weighted by Crippen LogP contribution is -2.64.